The zero-order valence-electron chi connectivity index (χ0n) is 15.1. The van der Waals surface area contributed by atoms with Crippen LogP contribution >= 0.6 is 11.6 Å². The first-order valence-electron chi connectivity index (χ1n) is 8.75. The lowest BCUT2D eigenvalue weighted by molar-refractivity contribution is -0.120. The lowest BCUT2D eigenvalue weighted by Gasteiger charge is -2.20. The van der Waals surface area contributed by atoms with Crippen molar-refractivity contribution < 1.29 is 17.6 Å². The predicted molar refractivity (Wildman–Crippen MR) is 104 cm³/mol. The molecule has 0 radical (unpaired) electrons. The van der Waals surface area contributed by atoms with Crippen LogP contribution in [0.5, 0.6) is 0 Å². The van der Waals surface area contributed by atoms with E-state index in [4.69, 9.17) is 11.6 Å². The van der Waals surface area contributed by atoms with Gasteiger partial charge >= 0.3 is 0 Å². The lowest BCUT2D eigenvalue weighted by Crippen LogP contribution is -2.32. The summed E-state index contributed by atoms with van der Waals surface area (Å²) in [7, 11) is -3.15. The first-order chi connectivity index (χ1) is 13.2. The van der Waals surface area contributed by atoms with Gasteiger partial charge in [0.1, 0.15) is 21.5 Å². The van der Waals surface area contributed by atoms with Gasteiger partial charge in [0.15, 0.2) is 0 Å². The van der Waals surface area contributed by atoms with Crippen LogP contribution in [0.4, 0.5) is 15.9 Å². The van der Waals surface area contributed by atoms with Crippen molar-refractivity contribution in [3.63, 3.8) is 0 Å². The molecule has 1 fully saturated rings. The maximum atomic E-state index is 13.8. The highest BCUT2D eigenvalue weighted by Crippen LogP contribution is 2.57. The highest BCUT2D eigenvalue weighted by molar-refractivity contribution is 7.90. The molecule has 0 saturated heterocycles. The number of aromatic nitrogens is 2. The third-order valence-corrected chi connectivity index (χ3v) is 6.23. The number of nitrogens with zero attached hydrogens (tertiary/aromatic N) is 3. The smallest absolute Gasteiger partial charge is 0.238 e. The lowest BCUT2D eigenvalue weighted by atomic mass is 9.98. The summed E-state index contributed by atoms with van der Waals surface area (Å²) in [6, 6.07) is 4.42. The number of fused-ring (bicyclic) bond motifs is 2. The zero-order chi connectivity index (χ0) is 20.1. The number of carbonyl (C=O) groups is 1. The fourth-order valence-corrected chi connectivity index (χ4v) is 4.17. The topological polar surface area (TPSA) is 92.3 Å². The minimum Gasteiger partial charge on any atom is -0.369 e. The first-order valence-corrected chi connectivity index (χ1v) is 11.2. The van der Waals surface area contributed by atoms with E-state index in [1.54, 1.807) is 11.0 Å². The molecule has 0 bridgehead atoms. The van der Waals surface area contributed by atoms with Crippen molar-refractivity contribution >= 4 is 38.9 Å². The summed E-state index contributed by atoms with van der Waals surface area (Å²) < 4.78 is 36.5. The fourth-order valence-electron chi connectivity index (χ4n) is 3.56. The van der Waals surface area contributed by atoms with Gasteiger partial charge in [-0.1, -0.05) is 6.07 Å². The Morgan fingerprint density at radius 1 is 1.36 bits per heavy atom. The Balaban J connectivity index is 1.63. The van der Waals surface area contributed by atoms with Crippen LogP contribution in [-0.2, 0) is 26.6 Å². The second kappa shape index (κ2) is 6.66. The van der Waals surface area contributed by atoms with Crippen LogP contribution in [-0.4, -0.2) is 42.8 Å². The molecular formula is C18H18ClFN4O3S. The highest BCUT2D eigenvalue weighted by atomic mass is 35.5. The number of nitrogens with one attached hydrogen (secondary N) is 1. The van der Waals surface area contributed by atoms with Gasteiger partial charge in [-0.2, -0.15) is 0 Å². The zero-order valence-corrected chi connectivity index (χ0v) is 16.6. The molecule has 1 saturated carbocycles. The van der Waals surface area contributed by atoms with E-state index in [1.165, 1.54) is 18.3 Å². The van der Waals surface area contributed by atoms with Gasteiger partial charge in [-0.15, -0.1) is 0 Å². The van der Waals surface area contributed by atoms with Crippen LogP contribution in [0.25, 0.3) is 0 Å². The monoisotopic (exact) mass is 424 g/mol. The van der Waals surface area contributed by atoms with E-state index in [0.29, 0.717) is 17.1 Å². The van der Waals surface area contributed by atoms with Crippen molar-refractivity contribution in [2.75, 3.05) is 28.8 Å². The normalized spacial score (nSPS) is 17.1. The number of hydrogen-bond acceptors (Lipinski definition) is 6. The van der Waals surface area contributed by atoms with Crippen LogP contribution in [0.15, 0.2) is 24.4 Å². The SMILES string of the molecule is CS(=O)(=O)CCNc1nc(Cl)ncc1CN1C(=O)C2(CC2)c2ccc(F)cc21. The predicted octanol–water partition coefficient (Wildman–Crippen LogP) is 2.30. The van der Waals surface area contributed by atoms with Crippen molar-refractivity contribution in [1.82, 2.24) is 9.97 Å². The second-order valence-electron chi connectivity index (χ2n) is 7.20. The van der Waals surface area contributed by atoms with E-state index < -0.39 is 21.1 Å². The van der Waals surface area contributed by atoms with Gasteiger partial charge in [-0.05, 0) is 42.1 Å². The summed E-state index contributed by atoms with van der Waals surface area (Å²) in [6.07, 6.45) is 4.13. The molecule has 10 heteroatoms. The molecule has 2 aliphatic rings. The molecule has 1 spiro atoms. The average molecular weight is 425 g/mol. The Morgan fingerprint density at radius 2 is 2.11 bits per heavy atom. The molecule has 1 amide bonds. The van der Waals surface area contributed by atoms with Gasteiger partial charge in [0.05, 0.1) is 23.4 Å². The molecule has 4 rings (SSSR count). The molecule has 1 aliphatic heterocycles. The summed E-state index contributed by atoms with van der Waals surface area (Å²) in [4.78, 5) is 22.7. The molecule has 28 heavy (non-hydrogen) atoms. The van der Waals surface area contributed by atoms with Crippen molar-refractivity contribution in [2.24, 2.45) is 0 Å². The third kappa shape index (κ3) is 3.44. The van der Waals surface area contributed by atoms with Gasteiger partial charge < -0.3 is 10.2 Å². The molecular weight excluding hydrogens is 407 g/mol. The number of hydrogen-bond donors (Lipinski definition) is 1. The van der Waals surface area contributed by atoms with Gasteiger partial charge in [0, 0.05) is 24.6 Å². The minimum atomic E-state index is -3.15. The van der Waals surface area contributed by atoms with E-state index in [0.717, 1.165) is 24.7 Å². The third-order valence-electron chi connectivity index (χ3n) is 5.10. The largest absolute Gasteiger partial charge is 0.369 e. The Kier molecular flexibility index (Phi) is 4.54. The number of sulfone groups is 1. The molecule has 1 aliphatic carbocycles. The number of benzene rings is 1. The standard InChI is InChI=1S/C18H18ClFN4O3S/c1-28(26,27)7-6-21-15-11(9-22-17(19)23-15)10-24-14-8-12(20)2-3-13(14)18(4-5-18)16(24)25/h2-3,8-9H,4-7,10H2,1H3,(H,21,22,23). The van der Waals surface area contributed by atoms with Crippen LogP contribution in [0.1, 0.15) is 24.0 Å². The molecule has 0 unspecified atom stereocenters. The van der Waals surface area contributed by atoms with Gasteiger partial charge in [0.25, 0.3) is 0 Å². The van der Waals surface area contributed by atoms with E-state index >= 15 is 0 Å². The molecule has 148 valence electrons. The molecule has 7 nitrogen and oxygen atoms in total. The quantitative estimate of drug-likeness (QED) is 0.715. The molecule has 2 aromatic rings. The molecule has 2 heterocycles. The van der Waals surface area contributed by atoms with Crippen LogP contribution in [0, 0.1) is 5.82 Å². The van der Waals surface area contributed by atoms with Gasteiger partial charge in [-0.25, -0.2) is 22.8 Å². The second-order valence-corrected chi connectivity index (χ2v) is 9.80. The van der Waals surface area contributed by atoms with Crippen molar-refractivity contribution in [2.45, 2.75) is 24.8 Å². The van der Waals surface area contributed by atoms with E-state index in [2.05, 4.69) is 15.3 Å². The van der Waals surface area contributed by atoms with Gasteiger partial charge in [0.2, 0.25) is 11.2 Å². The molecule has 1 aromatic heterocycles. The summed E-state index contributed by atoms with van der Waals surface area (Å²) in [5.41, 5.74) is 1.43. The maximum absolute atomic E-state index is 13.8. The maximum Gasteiger partial charge on any atom is 0.238 e. The Morgan fingerprint density at radius 3 is 2.79 bits per heavy atom. The van der Waals surface area contributed by atoms with E-state index in [9.17, 15) is 17.6 Å². The summed E-state index contributed by atoms with van der Waals surface area (Å²) in [6.45, 7) is 0.275. The Bertz CT molecular complexity index is 1070. The van der Waals surface area contributed by atoms with Crippen molar-refractivity contribution in [3.8, 4) is 0 Å². The molecule has 0 atom stereocenters. The number of anilines is 2. The number of halogens is 2. The minimum absolute atomic E-state index is 0.00321. The van der Waals surface area contributed by atoms with E-state index in [1.807, 2.05) is 0 Å². The Labute approximate surface area is 166 Å². The van der Waals surface area contributed by atoms with E-state index in [-0.39, 0.29) is 30.0 Å². The van der Waals surface area contributed by atoms with Crippen LogP contribution in [0.3, 0.4) is 0 Å². The van der Waals surface area contributed by atoms with Crippen LogP contribution < -0.4 is 10.2 Å². The van der Waals surface area contributed by atoms with Crippen molar-refractivity contribution in [1.29, 1.82) is 0 Å². The summed E-state index contributed by atoms with van der Waals surface area (Å²) in [5, 5.41) is 2.95. The number of rotatable bonds is 6. The van der Waals surface area contributed by atoms with Crippen molar-refractivity contribution in [3.05, 3.63) is 46.6 Å². The number of carbonyl (C=O) groups excluding carboxylic acids is 1. The highest BCUT2D eigenvalue weighted by Gasteiger charge is 2.59. The average Bonchev–Trinajstić information content (AvgIpc) is 3.37. The fraction of sp³-hybridized carbons (Fsp3) is 0.389. The molecule has 1 N–H and O–H groups in total. The molecule has 1 aromatic carbocycles. The van der Waals surface area contributed by atoms with Gasteiger partial charge in [-0.3, -0.25) is 4.79 Å². The summed E-state index contributed by atoms with van der Waals surface area (Å²) in [5.74, 6) is -0.196. The summed E-state index contributed by atoms with van der Waals surface area (Å²) >= 11 is 5.88. The van der Waals surface area contributed by atoms with Crippen LogP contribution in [0.2, 0.25) is 5.28 Å². The first kappa shape index (κ1) is 19.1. The Hall–Kier alpha value is -2.26. The number of amides is 1.